The van der Waals surface area contributed by atoms with Gasteiger partial charge in [0.15, 0.2) is 5.54 Å². The zero-order valence-corrected chi connectivity index (χ0v) is 17.5. The summed E-state index contributed by atoms with van der Waals surface area (Å²) in [5.41, 5.74) is -0.780. The van der Waals surface area contributed by atoms with Gasteiger partial charge in [-0.2, -0.15) is 4.31 Å². The summed E-state index contributed by atoms with van der Waals surface area (Å²) in [6, 6.07) is 6.95. The number of anilines is 1. The lowest BCUT2D eigenvalue weighted by Crippen LogP contribution is -2.65. The summed E-state index contributed by atoms with van der Waals surface area (Å²) in [7, 11) is 1.57. The predicted molar refractivity (Wildman–Crippen MR) is 109 cm³/mol. The Hall–Kier alpha value is -1.85. The molecule has 0 aromatic carbocycles. The summed E-state index contributed by atoms with van der Waals surface area (Å²) in [4.78, 5) is 18.0. The van der Waals surface area contributed by atoms with Crippen molar-refractivity contribution in [3.8, 4) is 0 Å². The molecule has 3 atom stereocenters. The van der Waals surface area contributed by atoms with E-state index in [1.54, 1.807) is 19.2 Å². The molecule has 0 saturated carbocycles. The molecule has 0 radical (unpaired) electrons. The molecule has 2 saturated heterocycles. The number of hydrogen-bond acceptors (Lipinski definition) is 6. The van der Waals surface area contributed by atoms with Crippen LogP contribution in [-0.2, 0) is 21.6 Å². The van der Waals surface area contributed by atoms with E-state index in [-0.39, 0.29) is 11.9 Å². The molecule has 4 rings (SSSR count). The Morgan fingerprint density at radius 3 is 3.14 bits per heavy atom. The second kappa shape index (κ2) is 7.20. The molecule has 0 bridgehead atoms. The minimum Gasteiger partial charge on any atom is -0.591 e. The van der Waals surface area contributed by atoms with Gasteiger partial charge in [-0.25, -0.2) is 4.98 Å². The number of rotatable bonds is 3. The number of amides is 1. The van der Waals surface area contributed by atoms with Crippen LogP contribution < -0.4 is 10.6 Å². The molecule has 28 heavy (non-hydrogen) atoms. The molecule has 2 aromatic heterocycles. The fraction of sp³-hybridized carbons (Fsp3) is 0.353. The van der Waals surface area contributed by atoms with Crippen molar-refractivity contribution in [2.24, 2.45) is 0 Å². The lowest BCUT2D eigenvalue weighted by molar-refractivity contribution is 0.103. The van der Waals surface area contributed by atoms with Crippen molar-refractivity contribution in [2.75, 3.05) is 19.0 Å². The first-order valence-corrected chi connectivity index (χ1v) is 10.9. The van der Waals surface area contributed by atoms with E-state index in [9.17, 15) is 9.35 Å². The van der Waals surface area contributed by atoms with Gasteiger partial charge in [0.05, 0.1) is 28.4 Å². The molecule has 148 valence electrons. The van der Waals surface area contributed by atoms with Crippen molar-refractivity contribution < 1.29 is 14.1 Å². The van der Waals surface area contributed by atoms with Crippen LogP contribution >= 0.6 is 22.9 Å². The number of aromatic nitrogens is 1. The first-order valence-electron chi connectivity index (χ1n) is 8.49. The van der Waals surface area contributed by atoms with E-state index in [1.807, 2.05) is 19.1 Å². The maximum Gasteiger partial charge on any atom is 0.269 e. The van der Waals surface area contributed by atoms with Crippen LogP contribution in [0.3, 0.4) is 0 Å². The maximum absolute atomic E-state index is 12.7. The SMILES string of the molecule is Cc1cccc(NC(=O)c2cc(Cl)c(C34CCOC3[S+]([O-])N(C)C(=N)N4)s2)n1. The van der Waals surface area contributed by atoms with Crippen LogP contribution in [0.25, 0.3) is 0 Å². The average molecular weight is 440 g/mol. The van der Waals surface area contributed by atoms with Crippen LogP contribution in [0, 0.1) is 12.3 Å². The van der Waals surface area contributed by atoms with E-state index in [0.717, 1.165) is 5.69 Å². The Kier molecular flexibility index (Phi) is 5.00. The van der Waals surface area contributed by atoms with Gasteiger partial charge in [0, 0.05) is 12.1 Å². The molecule has 8 nitrogen and oxygen atoms in total. The van der Waals surface area contributed by atoms with Gasteiger partial charge in [-0.05, 0) is 25.1 Å². The quantitative estimate of drug-likeness (QED) is 0.633. The third-order valence-corrected chi connectivity index (χ3v) is 8.07. The van der Waals surface area contributed by atoms with E-state index in [0.29, 0.717) is 33.6 Å². The Morgan fingerprint density at radius 1 is 1.61 bits per heavy atom. The fourth-order valence-corrected chi connectivity index (χ4v) is 6.35. The summed E-state index contributed by atoms with van der Waals surface area (Å²) in [5.74, 6) is 0.156. The lowest BCUT2D eigenvalue weighted by atomic mass is 9.96. The minimum absolute atomic E-state index is 0.0273. The molecule has 2 aromatic rings. The van der Waals surface area contributed by atoms with Gasteiger partial charge in [-0.15, -0.1) is 11.3 Å². The Bertz CT molecular complexity index is 955. The normalized spacial score (nSPS) is 26.7. The number of thiophene rings is 1. The molecule has 1 amide bonds. The van der Waals surface area contributed by atoms with Crippen LogP contribution in [0.1, 0.15) is 26.7 Å². The number of halogens is 1. The van der Waals surface area contributed by atoms with Crippen LogP contribution in [-0.4, -0.2) is 44.8 Å². The van der Waals surface area contributed by atoms with Crippen molar-refractivity contribution in [1.82, 2.24) is 14.6 Å². The van der Waals surface area contributed by atoms with Crippen molar-refractivity contribution in [3.05, 3.63) is 44.7 Å². The Morgan fingerprint density at radius 2 is 2.39 bits per heavy atom. The topological polar surface area (TPSA) is 113 Å². The Balaban J connectivity index is 1.65. The second-order valence-electron chi connectivity index (χ2n) is 6.58. The fourth-order valence-electron chi connectivity index (χ4n) is 3.32. The number of ether oxygens (including phenoxy) is 1. The molecule has 4 heterocycles. The standard InChI is InChI=1S/C17H18ClN5O3S2/c1-9-4-3-5-12(20-9)21-14(24)11-8-10(18)13(27-11)17-6-7-26-15(17)28(25)23(2)16(19)22-17/h3-5,8,15H,6-7H2,1-2H3,(H2,19,22)(H,20,21,24). The van der Waals surface area contributed by atoms with Gasteiger partial charge in [0.25, 0.3) is 11.3 Å². The highest BCUT2D eigenvalue weighted by Crippen LogP contribution is 2.47. The maximum atomic E-state index is 12.7. The van der Waals surface area contributed by atoms with Gasteiger partial charge < -0.3 is 19.9 Å². The summed E-state index contributed by atoms with van der Waals surface area (Å²) < 4.78 is 19.8. The first-order chi connectivity index (χ1) is 13.3. The van der Waals surface area contributed by atoms with Crippen LogP contribution in [0.5, 0.6) is 0 Å². The molecule has 2 aliphatic rings. The van der Waals surface area contributed by atoms with Crippen LogP contribution in [0.4, 0.5) is 5.82 Å². The summed E-state index contributed by atoms with van der Waals surface area (Å²) >= 11 is 6.14. The van der Waals surface area contributed by atoms with E-state index in [4.69, 9.17) is 21.7 Å². The highest BCUT2D eigenvalue weighted by atomic mass is 35.5. The van der Waals surface area contributed by atoms with Crippen molar-refractivity contribution in [3.63, 3.8) is 0 Å². The van der Waals surface area contributed by atoms with Crippen LogP contribution in [0.15, 0.2) is 24.3 Å². The van der Waals surface area contributed by atoms with Gasteiger partial charge in [0.2, 0.25) is 5.96 Å². The number of aryl methyl sites for hydroxylation is 1. The van der Waals surface area contributed by atoms with Crippen LogP contribution in [0.2, 0.25) is 5.02 Å². The van der Waals surface area contributed by atoms with Crippen molar-refractivity contribution in [2.45, 2.75) is 24.3 Å². The summed E-state index contributed by atoms with van der Waals surface area (Å²) in [6.45, 7) is 2.23. The van der Waals surface area contributed by atoms with E-state index in [2.05, 4.69) is 15.6 Å². The van der Waals surface area contributed by atoms with E-state index < -0.39 is 22.3 Å². The van der Waals surface area contributed by atoms with Gasteiger partial charge in [0.1, 0.15) is 17.2 Å². The number of carbonyl (C=O) groups is 1. The highest BCUT2D eigenvalue weighted by Gasteiger charge is 2.60. The average Bonchev–Trinajstić information content (AvgIpc) is 3.24. The Labute approximate surface area is 174 Å². The number of nitrogens with one attached hydrogen (secondary N) is 3. The molecule has 3 unspecified atom stereocenters. The third-order valence-electron chi connectivity index (χ3n) is 4.72. The second-order valence-corrected chi connectivity index (χ2v) is 9.56. The smallest absolute Gasteiger partial charge is 0.269 e. The minimum atomic E-state index is -1.54. The van der Waals surface area contributed by atoms with Gasteiger partial charge in [-0.1, -0.05) is 17.7 Å². The van der Waals surface area contributed by atoms with Crippen molar-refractivity contribution in [1.29, 1.82) is 5.41 Å². The number of carbonyl (C=O) groups excluding carboxylic acids is 1. The molecule has 2 aliphatic heterocycles. The third kappa shape index (κ3) is 3.15. The number of guanidine groups is 1. The molecule has 2 fully saturated rings. The zero-order chi connectivity index (χ0) is 20.1. The number of hydrogen-bond donors (Lipinski definition) is 3. The number of nitrogens with zero attached hydrogens (tertiary/aromatic N) is 2. The molecular weight excluding hydrogens is 422 g/mol. The van der Waals surface area contributed by atoms with E-state index in [1.165, 1.54) is 15.6 Å². The van der Waals surface area contributed by atoms with Gasteiger partial charge in [-0.3, -0.25) is 10.2 Å². The number of fused-ring (bicyclic) bond motifs is 1. The largest absolute Gasteiger partial charge is 0.591 e. The summed E-state index contributed by atoms with van der Waals surface area (Å²) in [6.07, 6.45) is 0.500. The van der Waals surface area contributed by atoms with Crippen molar-refractivity contribution >= 4 is 52.0 Å². The monoisotopic (exact) mass is 439 g/mol. The van der Waals surface area contributed by atoms with Gasteiger partial charge >= 0.3 is 0 Å². The molecule has 0 spiro atoms. The highest BCUT2D eigenvalue weighted by molar-refractivity contribution is 7.90. The predicted octanol–water partition coefficient (Wildman–Crippen LogP) is 2.43. The summed E-state index contributed by atoms with van der Waals surface area (Å²) in [5, 5.41) is 14.4. The number of pyridine rings is 1. The lowest BCUT2D eigenvalue weighted by Gasteiger charge is -2.42. The molecule has 3 N–H and O–H groups in total. The first kappa shape index (κ1) is 19.5. The zero-order valence-electron chi connectivity index (χ0n) is 15.1. The molecular formula is C17H18ClN5O3S2. The molecule has 0 aliphatic carbocycles. The molecule has 11 heteroatoms. The van der Waals surface area contributed by atoms with E-state index >= 15 is 0 Å².